The number of benzene rings is 1. The standard InChI is InChI=1S/C10H10ClN3/c1-6-5-8(11)3-4-9(6)10-12-7(2)13-14-10/h3-5H,1-2H3,(H,12,13,14). The second-order valence-electron chi connectivity index (χ2n) is 3.20. The first kappa shape index (κ1) is 9.21. The van der Waals surface area contributed by atoms with Gasteiger partial charge < -0.3 is 0 Å². The lowest BCUT2D eigenvalue weighted by molar-refractivity contribution is 1.04. The van der Waals surface area contributed by atoms with Crippen LogP contribution in [0, 0.1) is 13.8 Å². The monoisotopic (exact) mass is 207 g/mol. The maximum absolute atomic E-state index is 5.86. The zero-order valence-electron chi connectivity index (χ0n) is 8.00. The lowest BCUT2D eigenvalue weighted by atomic mass is 10.1. The summed E-state index contributed by atoms with van der Waals surface area (Å²) in [6, 6.07) is 5.68. The van der Waals surface area contributed by atoms with E-state index in [9.17, 15) is 0 Å². The highest BCUT2D eigenvalue weighted by Gasteiger charge is 2.06. The van der Waals surface area contributed by atoms with E-state index in [4.69, 9.17) is 11.6 Å². The summed E-state index contributed by atoms with van der Waals surface area (Å²) < 4.78 is 0. The van der Waals surface area contributed by atoms with Gasteiger partial charge in [-0.15, -0.1) is 0 Å². The van der Waals surface area contributed by atoms with Crippen molar-refractivity contribution in [3.8, 4) is 11.4 Å². The lowest BCUT2D eigenvalue weighted by Gasteiger charge is -2.00. The number of halogens is 1. The van der Waals surface area contributed by atoms with Crippen molar-refractivity contribution in [1.29, 1.82) is 0 Å². The summed E-state index contributed by atoms with van der Waals surface area (Å²) in [5, 5.41) is 7.65. The molecule has 0 aliphatic heterocycles. The first-order chi connectivity index (χ1) is 6.66. The molecule has 14 heavy (non-hydrogen) atoms. The summed E-state index contributed by atoms with van der Waals surface area (Å²) >= 11 is 5.86. The van der Waals surface area contributed by atoms with Crippen LogP contribution in [0.5, 0.6) is 0 Å². The minimum absolute atomic E-state index is 0.719. The molecular formula is C10H10ClN3. The highest BCUT2D eigenvalue weighted by molar-refractivity contribution is 6.30. The van der Waals surface area contributed by atoms with Crippen LogP contribution in [0.25, 0.3) is 11.4 Å². The molecule has 1 aromatic carbocycles. The van der Waals surface area contributed by atoms with Gasteiger partial charge in [-0.25, -0.2) is 4.98 Å². The van der Waals surface area contributed by atoms with Crippen LogP contribution in [-0.4, -0.2) is 15.2 Å². The number of nitrogens with zero attached hydrogens (tertiary/aromatic N) is 2. The van der Waals surface area contributed by atoms with Crippen molar-refractivity contribution in [2.24, 2.45) is 0 Å². The summed E-state index contributed by atoms with van der Waals surface area (Å²) in [6.07, 6.45) is 0. The van der Waals surface area contributed by atoms with Gasteiger partial charge in [0.2, 0.25) is 0 Å². The molecule has 0 unspecified atom stereocenters. The molecule has 1 heterocycles. The third-order valence-corrected chi connectivity index (χ3v) is 2.26. The van der Waals surface area contributed by atoms with Crippen LogP contribution < -0.4 is 0 Å². The summed E-state index contributed by atoms with van der Waals surface area (Å²) in [4.78, 5) is 4.26. The Balaban J connectivity index is 2.52. The molecule has 0 aliphatic carbocycles. The quantitative estimate of drug-likeness (QED) is 0.781. The molecule has 0 saturated carbocycles. The maximum Gasteiger partial charge on any atom is 0.181 e. The third kappa shape index (κ3) is 1.63. The molecule has 0 bridgehead atoms. The van der Waals surface area contributed by atoms with Gasteiger partial charge >= 0.3 is 0 Å². The molecule has 72 valence electrons. The first-order valence-electron chi connectivity index (χ1n) is 4.32. The molecule has 0 atom stereocenters. The molecule has 4 heteroatoms. The van der Waals surface area contributed by atoms with E-state index in [1.54, 1.807) is 0 Å². The van der Waals surface area contributed by atoms with Crippen LogP contribution in [0.3, 0.4) is 0 Å². The van der Waals surface area contributed by atoms with Crippen molar-refractivity contribution in [1.82, 2.24) is 15.2 Å². The number of aryl methyl sites for hydroxylation is 2. The van der Waals surface area contributed by atoms with Crippen LogP contribution in [0.15, 0.2) is 18.2 Å². The second-order valence-corrected chi connectivity index (χ2v) is 3.64. The average Bonchev–Trinajstić information content (AvgIpc) is 2.51. The molecule has 0 spiro atoms. The minimum atomic E-state index is 0.719. The maximum atomic E-state index is 5.86. The fourth-order valence-corrected chi connectivity index (χ4v) is 1.57. The molecule has 0 radical (unpaired) electrons. The van der Waals surface area contributed by atoms with E-state index < -0.39 is 0 Å². The largest absolute Gasteiger partial charge is 0.263 e. The van der Waals surface area contributed by atoms with Gasteiger partial charge in [0.05, 0.1) is 0 Å². The van der Waals surface area contributed by atoms with Crippen LogP contribution in [0.4, 0.5) is 0 Å². The van der Waals surface area contributed by atoms with E-state index in [0.717, 1.165) is 27.8 Å². The predicted octanol–water partition coefficient (Wildman–Crippen LogP) is 2.74. The fraction of sp³-hybridized carbons (Fsp3) is 0.200. The zero-order valence-corrected chi connectivity index (χ0v) is 8.76. The molecule has 0 fully saturated rings. The van der Waals surface area contributed by atoms with Crippen molar-refractivity contribution in [2.75, 3.05) is 0 Å². The fourth-order valence-electron chi connectivity index (χ4n) is 1.34. The van der Waals surface area contributed by atoms with Gasteiger partial charge in [0, 0.05) is 10.6 Å². The molecule has 2 aromatic rings. The molecule has 1 aromatic heterocycles. The summed E-state index contributed by atoms with van der Waals surface area (Å²) in [7, 11) is 0. The molecule has 2 rings (SSSR count). The predicted molar refractivity (Wildman–Crippen MR) is 56.3 cm³/mol. The lowest BCUT2D eigenvalue weighted by Crippen LogP contribution is -1.85. The number of hydrogen-bond donors (Lipinski definition) is 1. The molecule has 3 nitrogen and oxygen atoms in total. The Morgan fingerprint density at radius 1 is 1.29 bits per heavy atom. The number of hydrogen-bond acceptors (Lipinski definition) is 2. The Morgan fingerprint density at radius 3 is 2.64 bits per heavy atom. The van der Waals surface area contributed by atoms with E-state index in [0.29, 0.717) is 0 Å². The average molecular weight is 208 g/mol. The van der Waals surface area contributed by atoms with Crippen molar-refractivity contribution in [2.45, 2.75) is 13.8 Å². The van der Waals surface area contributed by atoms with E-state index in [1.807, 2.05) is 32.0 Å². The highest BCUT2D eigenvalue weighted by Crippen LogP contribution is 2.22. The SMILES string of the molecule is Cc1nc(-c2ccc(Cl)cc2C)n[nH]1. The van der Waals surface area contributed by atoms with Crippen molar-refractivity contribution in [3.05, 3.63) is 34.6 Å². The Labute approximate surface area is 87.1 Å². The normalized spacial score (nSPS) is 10.5. The van der Waals surface area contributed by atoms with Gasteiger partial charge in [0.15, 0.2) is 5.82 Å². The molecular weight excluding hydrogens is 198 g/mol. The smallest absolute Gasteiger partial charge is 0.181 e. The highest BCUT2D eigenvalue weighted by atomic mass is 35.5. The van der Waals surface area contributed by atoms with E-state index in [1.165, 1.54) is 0 Å². The number of H-pyrrole nitrogens is 1. The van der Waals surface area contributed by atoms with Crippen LogP contribution in [0.2, 0.25) is 5.02 Å². The van der Waals surface area contributed by atoms with Gasteiger partial charge in [-0.2, -0.15) is 5.10 Å². The summed E-state index contributed by atoms with van der Waals surface area (Å²) in [5.74, 6) is 1.53. The van der Waals surface area contributed by atoms with Crippen LogP contribution in [-0.2, 0) is 0 Å². The van der Waals surface area contributed by atoms with E-state index in [-0.39, 0.29) is 0 Å². The van der Waals surface area contributed by atoms with Gasteiger partial charge in [-0.1, -0.05) is 11.6 Å². The topological polar surface area (TPSA) is 41.6 Å². The van der Waals surface area contributed by atoms with Gasteiger partial charge in [-0.05, 0) is 37.6 Å². The molecule has 0 aliphatic rings. The Morgan fingerprint density at radius 2 is 2.07 bits per heavy atom. The van der Waals surface area contributed by atoms with Crippen molar-refractivity contribution in [3.63, 3.8) is 0 Å². The number of nitrogens with one attached hydrogen (secondary N) is 1. The molecule has 0 saturated heterocycles. The van der Waals surface area contributed by atoms with Gasteiger partial charge in [-0.3, -0.25) is 5.10 Å². The van der Waals surface area contributed by atoms with Crippen LogP contribution >= 0.6 is 11.6 Å². The number of aromatic amines is 1. The third-order valence-electron chi connectivity index (χ3n) is 2.03. The Hall–Kier alpha value is -1.35. The zero-order chi connectivity index (χ0) is 10.1. The summed E-state index contributed by atoms with van der Waals surface area (Å²) in [5.41, 5.74) is 2.09. The number of rotatable bonds is 1. The Kier molecular flexibility index (Phi) is 2.25. The van der Waals surface area contributed by atoms with Crippen LogP contribution in [0.1, 0.15) is 11.4 Å². The second kappa shape index (κ2) is 3.42. The van der Waals surface area contributed by atoms with Gasteiger partial charge in [0.25, 0.3) is 0 Å². The minimum Gasteiger partial charge on any atom is -0.263 e. The summed E-state index contributed by atoms with van der Waals surface area (Å²) in [6.45, 7) is 3.87. The molecule has 1 N–H and O–H groups in total. The number of aromatic nitrogens is 3. The Bertz CT molecular complexity index is 462. The first-order valence-corrected chi connectivity index (χ1v) is 4.70. The van der Waals surface area contributed by atoms with E-state index in [2.05, 4.69) is 15.2 Å². The van der Waals surface area contributed by atoms with Crippen molar-refractivity contribution < 1.29 is 0 Å². The molecule has 0 amide bonds. The van der Waals surface area contributed by atoms with Crippen molar-refractivity contribution >= 4 is 11.6 Å². The van der Waals surface area contributed by atoms with Gasteiger partial charge in [0.1, 0.15) is 5.82 Å². The van der Waals surface area contributed by atoms with E-state index >= 15 is 0 Å².